The van der Waals surface area contributed by atoms with E-state index < -0.39 is 6.61 Å². The topological polar surface area (TPSA) is 50.8 Å². The predicted octanol–water partition coefficient (Wildman–Crippen LogP) is 3.40. The van der Waals surface area contributed by atoms with Crippen LogP contribution in [0.2, 0.25) is 0 Å². The first kappa shape index (κ1) is 19.1. The van der Waals surface area contributed by atoms with E-state index in [-0.39, 0.29) is 23.3 Å². The van der Waals surface area contributed by atoms with Gasteiger partial charge in [0.05, 0.1) is 6.61 Å². The number of thiocarbonyl (C=S) groups is 1. The van der Waals surface area contributed by atoms with Gasteiger partial charge in [-0.2, -0.15) is 8.78 Å². The van der Waals surface area contributed by atoms with Crippen LogP contribution in [0.25, 0.3) is 6.08 Å². The van der Waals surface area contributed by atoms with Crippen molar-refractivity contribution in [2.45, 2.75) is 27.4 Å². The first-order valence-electron chi connectivity index (χ1n) is 7.88. The van der Waals surface area contributed by atoms with E-state index in [9.17, 15) is 13.6 Å². The van der Waals surface area contributed by atoms with Gasteiger partial charge in [0.15, 0.2) is 16.6 Å². The third-order valence-corrected chi connectivity index (χ3v) is 3.63. The van der Waals surface area contributed by atoms with Gasteiger partial charge in [-0.15, -0.1) is 0 Å². The number of hydrogen-bond acceptors (Lipinski definition) is 4. The van der Waals surface area contributed by atoms with Crippen LogP contribution in [0.4, 0.5) is 8.78 Å². The van der Waals surface area contributed by atoms with Gasteiger partial charge in [0.2, 0.25) is 0 Å². The molecule has 0 radical (unpaired) electrons. The van der Waals surface area contributed by atoms with E-state index in [1.54, 1.807) is 19.1 Å². The third-order valence-electron chi connectivity index (χ3n) is 3.30. The number of benzene rings is 1. The molecule has 136 valence electrons. The molecular formula is C17H20F2N2O3S. The molecule has 1 amide bonds. The van der Waals surface area contributed by atoms with Crippen LogP contribution in [0.5, 0.6) is 11.5 Å². The molecule has 1 aromatic carbocycles. The highest BCUT2D eigenvalue weighted by Gasteiger charge is 2.30. The van der Waals surface area contributed by atoms with Gasteiger partial charge in [0.25, 0.3) is 5.91 Å². The fourth-order valence-corrected chi connectivity index (χ4v) is 2.61. The van der Waals surface area contributed by atoms with Gasteiger partial charge in [-0.3, -0.25) is 9.69 Å². The van der Waals surface area contributed by atoms with Gasteiger partial charge in [-0.1, -0.05) is 19.9 Å². The molecule has 0 aliphatic carbocycles. The van der Waals surface area contributed by atoms with E-state index in [0.29, 0.717) is 29.5 Å². The SMILES string of the molecule is CCOc1cc(/C=C2\NC(=S)N(CC(C)C)C2=O)ccc1OC(F)F. The van der Waals surface area contributed by atoms with Gasteiger partial charge in [0, 0.05) is 6.54 Å². The monoisotopic (exact) mass is 370 g/mol. The largest absolute Gasteiger partial charge is 0.490 e. The molecular weight excluding hydrogens is 350 g/mol. The quantitative estimate of drug-likeness (QED) is 0.589. The Morgan fingerprint density at radius 2 is 2.04 bits per heavy atom. The standard InChI is InChI=1S/C17H20F2N2O3S/c1-4-23-14-8-11(5-6-13(14)24-16(18)19)7-12-15(22)21(9-10(2)3)17(25)20-12/h5-8,10,16H,4,9H2,1-3H3,(H,20,25)/b12-7-. The highest BCUT2D eigenvalue weighted by molar-refractivity contribution is 7.80. The smallest absolute Gasteiger partial charge is 0.387 e. The molecule has 5 nitrogen and oxygen atoms in total. The average Bonchev–Trinajstić information content (AvgIpc) is 2.77. The molecule has 2 rings (SSSR count). The molecule has 0 aromatic heterocycles. The predicted molar refractivity (Wildman–Crippen MR) is 94.5 cm³/mol. The number of rotatable bonds is 7. The molecule has 8 heteroatoms. The minimum Gasteiger partial charge on any atom is -0.490 e. The van der Waals surface area contributed by atoms with Crippen LogP contribution < -0.4 is 14.8 Å². The number of amides is 1. The summed E-state index contributed by atoms with van der Waals surface area (Å²) in [6.07, 6.45) is 1.60. The molecule has 0 saturated carbocycles. The van der Waals surface area contributed by atoms with Crippen LogP contribution in [0.1, 0.15) is 26.3 Å². The number of alkyl halides is 2. The Labute approximate surface area is 150 Å². The second-order valence-corrected chi connectivity index (χ2v) is 6.20. The molecule has 1 saturated heterocycles. The molecule has 1 fully saturated rings. The van der Waals surface area contributed by atoms with Crippen molar-refractivity contribution in [1.82, 2.24) is 10.2 Å². The molecule has 1 aromatic rings. The van der Waals surface area contributed by atoms with Crippen molar-refractivity contribution in [3.05, 3.63) is 29.5 Å². The minimum absolute atomic E-state index is 0.0540. The summed E-state index contributed by atoms with van der Waals surface area (Å²) in [5.41, 5.74) is 0.936. The number of carbonyl (C=O) groups excluding carboxylic acids is 1. The molecule has 1 aliphatic rings. The molecule has 0 spiro atoms. The van der Waals surface area contributed by atoms with Crippen molar-refractivity contribution in [3.8, 4) is 11.5 Å². The van der Waals surface area contributed by atoms with Crippen LogP contribution >= 0.6 is 12.2 Å². The second kappa shape index (κ2) is 8.24. The van der Waals surface area contributed by atoms with Crippen LogP contribution in [0.3, 0.4) is 0 Å². The van der Waals surface area contributed by atoms with E-state index in [2.05, 4.69) is 10.1 Å². The Kier molecular flexibility index (Phi) is 6.30. The summed E-state index contributed by atoms with van der Waals surface area (Å²) in [6, 6.07) is 4.49. The summed E-state index contributed by atoms with van der Waals surface area (Å²) in [4.78, 5) is 13.9. The number of hydrogen-bond donors (Lipinski definition) is 1. The van der Waals surface area contributed by atoms with E-state index in [4.69, 9.17) is 17.0 Å². The van der Waals surface area contributed by atoms with Crippen molar-refractivity contribution in [1.29, 1.82) is 0 Å². The summed E-state index contributed by atoms with van der Waals surface area (Å²) < 4.78 is 34.7. The molecule has 0 unspecified atom stereocenters. The van der Waals surface area contributed by atoms with Crippen LogP contribution in [-0.2, 0) is 4.79 Å². The number of nitrogens with one attached hydrogen (secondary N) is 1. The maximum absolute atomic E-state index is 12.4. The van der Waals surface area contributed by atoms with Crippen molar-refractivity contribution >= 4 is 29.3 Å². The first-order valence-corrected chi connectivity index (χ1v) is 8.28. The zero-order chi connectivity index (χ0) is 18.6. The minimum atomic E-state index is -2.94. The van der Waals surface area contributed by atoms with Crippen molar-refractivity contribution in [2.75, 3.05) is 13.2 Å². The molecule has 25 heavy (non-hydrogen) atoms. The molecule has 1 heterocycles. The highest BCUT2D eigenvalue weighted by atomic mass is 32.1. The van der Waals surface area contributed by atoms with Gasteiger partial charge in [-0.05, 0) is 48.8 Å². The van der Waals surface area contributed by atoms with Gasteiger partial charge >= 0.3 is 6.61 Å². The lowest BCUT2D eigenvalue weighted by Gasteiger charge is -2.16. The molecule has 1 aliphatic heterocycles. The Balaban J connectivity index is 2.27. The zero-order valence-corrected chi connectivity index (χ0v) is 15.0. The maximum atomic E-state index is 12.4. The van der Waals surface area contributed by atoms with Crippen LogP contribution in [0, 0.1) is 5.92 Å². The molecule has 1 N–H and O–H groups in total. The number of carbonyl (C=O) groups is 1. The van der Waals surface area contributed by atoms with Gasteiger partial charge in [0.1, 0.15) is 5.70 Å². The molecule has 0 bridgehead atoms. The summed E-state index contributed by atoms with van der Waals surface area (Å²) in [5.74, 6) is 0.189. The lowest BCUT2D eigenvalue weighted by Crippen LogP contribution is -2.33. The van der Waals surface area contributed by atoms with E-state index in [0.717, 1.165) is 0 Å². The number of halogens is 2. The summed E-state index contributed by atoms with van der Waals surface area (Å²) in [5, 5.41) is 3.24. The Hall–Kier alpha value is -2.22. The lowest BCUT2D eigenvalue weighted by atomic mass is 10.1. The van der Waals surface area contributed by atoms with Crippen molar-refractivity contribution in [3.63, 3.8) is 0 Å². The Morgan fingerprint density at radius 3 is 2.64 bits per heavy atom. The third kappa shape index (κ3) is 4.88. The first-order chi connectivity index (χ1) is 11.8. The molecule has 0 atom stereocenters. The maximum Gasteiger partial charge on any atom is 0.387 e. The van der Waals surface area contributed by atoms with E-state index in [1.807, 2.05) is 13.8 Å². The second-order valence-electron chi connectivity index (χ2n) is 5.82. The summed E-state index contributed by atoms with van der Waals surface area (Å²) in [7, 11) is 0. The summed E-state index contributed by atoms with van der Waals surface area (Å²) in [6.45, 7) is 3.60. The fraction of sp³-hybridized carbons (Fsp3) is 0.412. The van der Waals surface area contributed by atoms with Crippen molar-refractivity contribution < 1.29 is 23.0 Å². The van der Waals surface area contributed by atoms with Gasteiger partial charge in [-0.25, -0.2) is 0 Å². The average molecular weight is 370 g/mol. The zero-order valence-electron chi connectivity index (χ0n) is 14.2. The Morgan fingerprint density at radius 1 is 1.32 bits per heavy atom. The van der Waals surface area contributed by atoms with Crippen LogP contribution in [0.15, 0.2) is 23.9 Å². The fourth-order valence-electron chi connectivity index (χ4n) is 2.35. The van der Waals surface area contributed by atoms with Crippen LogP contribution in [-0.4, -0.2) is 35.7 Å². The van der Waals surface area contributed by atoms with E-state index in [1.165, 1.54) is 17.0 Å². The van der Waals surface area contributed by atoms with E-state index >= 15 is 0 Å². The van der Waals surface area contributed by atoms with Crippen molar-refractivity contribution in [2.24, 2.45) is 5.92 Å². The number of ether oxygens (including phenoxy) is 2. The summed E-state index contributed by atoms with van der Waals surface area (Å²) >= 11 is 5.19. The highest BCUT2D eigenvalue weighted by Crippen LogP contribution is 2.31. The lowest BCUT2D eigenvalue weighted by molar-refractivity contribution is -0.122. The Bertz CT molecular complexity index is 692. The van der Waals surface area contributed by atoms with Gasteiger partial charge < -0.3 is 14.8 Å². The number of nitrogens with zero attached hydrogens (tertiary/aromatic N) is 1. The normalized spacial score (nSPS) is 16.1.